The van der Waals surface area contributed by atoms with Gasteiger partial charge in [-0.15, -0.1) is 0 Å². The molecule has 2 rings (SSSR count). The van der Waals surface area contributed by atoms with E-state index in [2.05, 4.69) is 36.4 Å². The Bertz CT molecular complexity index is 568. The maximum atomic E-state index is 6.40. The maximum Gasteiger partial charge on any atom is 0.0629 e. The first-order valence-corrected chi connectivity index (χ1v) is 7.99. The van der Waals surface area contributed by atoms with Gasteiger partial charge in [0.1, 0.15) is 0 Å². The Hall–Kier alpha value is -0.970. The Kier molecular flexibility index (Phi) is 5.52. The van der Waals surface area contributed by atoms with Gasteiger partial charge in [-0.25, -0.2) is 0 Å². The molecule has 1 N–H and O–H groups in total. The van der Waals surface area contributed by atoms with E-state index >= 15 is 0 Å². The molecule has 0 spiro atoms. The SMILES string of the molecule is CCCNC(C)c1ccc(Sc2cnn(C)c2)cc1Cl. The van der Waals surface area contributed by atoms with Crippen molar-refractivity contribution in [1.82, 2.24) is 15.1 Å². The van der Waals surface area contributed by atoms with Crippen molar-refractivity contribution in [2.45, 2.75) is 36.1 Å². The molecule has 5 heteroatoms. The Labute approximate surface area is 129 Å². The first-order chi connectivity index (χ1) is 9.60. The van der Waals surface area contributed by atoms with Crippen molar-refractivity contribution in [1.29, 1.82) is 0 Å². The minimum absolute atomic E-state index is 0.278. The highest BCUT2D eigenvalue weighted by Gasteiger charge is 2.10. The van der Waals surface area contributed by atoms with E-state index in [1.165, 1.54) is 0 Å². The molecular formula is C15H20ClN3S. The largest absolute Gasteiger partial charge is 0.310 e. The first kappa shape index (κ1) is 15.4. The summed E-state index contributed by atoms with van der Waals surface area (Å²) in [7, 11) is 1.92. The summed E-state index contributed by atoms with van der Waals surface area (Å²) >= 11 is 8.07. The van der Waals surface area contributed by atoms with E-state index < -0.39 is 0 Å². The number of nitrogens with zero attached hydrogens (tertiary/aromatic N) is 2. The van der Waals surface area contributed by atoms with Crippen LogP contribution in [-0.4, -0.2) is 16.3 Å². The van der Waals surface area contributed by atoms with E-state index in [9.17, 15) is 0 Å². The predicted octanol–water partition coefficient (Wildman–Crippen LogP) is 4.29. The van der Waals surface area contributed by atoms with Crippen molar-refractivity contribution in [3.8, 4) is 0 Å². The van der Waals surface area contributed by atoms with Crippen LogP contribution in [0.15, 0.2) is 40.4 Å². The van der Waals surface area contributed by atoms with Gasteiger partial charge in [0.15, 0.2) is 0 Å². The van der Waals surface area contributed by atoms with Crippen LogP contribution in [0, 0.1) is 0 Å². The molecule has 0 saturated heterocycles. The van der Waals surface area contributed by atoms with Gasteiger partial charge in [-0.1, -0.05) is 36.4 Å². The molecule has 20 heavy (non-hydrogen) atoms. The number of aromatic nitrogens is 2. The summed E-state index contributed by atoms with van der Waals surface area (Å²) in [6, 6.07) is 6.52. The van der Waals surface area contributed by atoms with E-state index in [1.54, 1.807) is 16.4 Å². The lowest BCUT2D eigenvalue weighted by Crippen LogP contribution is -2.19. The van der Waals surface area contributed by atoms with Crippen LogP contribution in [0.2, 0.25) is 5.02 Å². The number of halogens is 1. The number of rotatable bonds is 6. The quantitative estimate of drug-likeness (QED) is 0.863. The normalized spacial score (nSPS) is 12.6. The van der Waals surface area contributed by atoms with Crippen molar-refractivity contribution in [3.05, 3.63) is 41.2 Å². The van der Waals surface area contributed by atoms with Crippen LogP contribution in [0.5, 0.6) is 0 Å². The molecule has 0 fully saturated rings. The molecule has 108 valence electrons. The lowest BCUT2D eigenvalue weighted by molar-refractivity contribution is 0.570. The summed E-state index contributed by atoms with van der Waals surface area (Å²) in [5, 5.41) is 8.44. The fourth-order valence-electron chi connectivity index (χ4n) is 1.98. The maximum absolute atomic E-state index is 6.40. The average Bonchev–Trinajstić information content (AvgIpc) is 2.81. The van der Waals surface area contributed by atoms with Crippen LogP contribution in [0.1, 0.15) is 31.9 Å². The first-order valence-electron chi connectivity index (χ1n) is 6.79. The van der Waals surface area contributed by atoms with Crippen LogP contribution in [0.25, 0.3) is 0 Å². The molecule has 0 aliphatic heterocycles. The Morgan fingerprint density at radius 3 is 2.80 bits per heavy atom. The zero-order valence-electron chi connectivity index (χ0n) is 12.1. The molecule has 0 aliphatic carbocycles. The Morgan fingerprint density at radius 2 is 2.20 bits per heavy atom. The van der Waals surface area contributed by atoms with E-state index in [1.807, 2.05) is 25.5 Å². The second-order valence-electron chi connectivity index (χ2n) is 4.81. The molecule has 2 aromatic rings. The average molecular weight is 310 g/mol. The second-order valence-corrected chi connectivity index (χ2v) is 6.37. The summed E-state index contributed by atoms with van der Waals surface area (Å²) < 4.78 is 1.80. The van der Waals surface area contributed by atoms with Gasteiger partial charge in [-0.05, 0) is 37.6 Å². The molecule has 0 amide bonds. The van der Waals surface area contributed by atoms with Gasteiger partial charge in [-0.3, -0.25) is 4.68 Å². The van der Waals surface area contributed by atoms with Gasteiger partial charge in [0.05, 0.1) is 11.1 Å². The van der Waals surface area contributed by atoms with Crippen LogP contribution < -0.4 is 5.32 Å². The van der Waals surface area contributed by atoms with Crippen molar-refractivity contribution in [3.63, 3.8) is 0 Å². The minimum Gasteiger partial charge on any atom is -0.310 e. The highest BCUT2D eigenvalue weighted by Crippen LogP contribution is 2.32. The standard InChI is InChI=1S/C15H20ClN3S/c1-4-7-17-11(2)14-6-5-12(8-15(14)16)20-13-9-18-19(3)10-13/h5-6,8-11,17H,4,7H2,1-3H3. The molecule has 1 atom stereocenters. The molecule has 1 heterocycles. The molecule has 0 bridgehead atoms. The molecule has 0 saturated carbocycles. The number of hydrogen-bond donors (Lipinski definition) is 1. The Morgan fingerprint density at radius 1 is 1.40 bits per heavy atom. The van der Waals surface area contributed by atoms with Gasteiger partial charge in [0.25, 0.3) is 0 Å². The Balaban J connectivity index is 2.09. The van der Waals surface area contributed by atoms with Crippen molar-refractivity contribution < 1.29 is 0 Å². The fraction of sp³-hybridized carbons (Fsp3) is 0.400. The monoisotopic (exact) mass is 309 g/mol. The molecule has 0 aliphatic rings. The highest BCUT2D eigenvalue weighted by atomic mass is 35.5. The minimum atomic E-state index is 0.278. The zero-order chi connectivity index (χ0) is 14.5. The van der Waals surface area contributed by atoms with Gasteiger partial charge in [0, 0.05) is 29.2 Å². The third kappa shape index (κ3) is 4.01. The van der Waals surface area contributed by atoms with Crippen molar-refractivity contribution in [2.75, 3.05) is 6.54 Å². The van der Waals surface area contributed by atoms with Crippen LogP contribution in [0.3, 0.4) is 0 Å². The van der Waals surface area contributed by atoms with E-state index in [0.29, 0.717) is 0 Å². The fourth-order valence-corrected chi connectivity index (χ4v) is 3.28. The lowest BCUT2D eigenvalue weighted by atomic mass is 10.1. The second kappa shape index (κ2) is 7.16. The third-order valence-corrected chi connectivity index (χ3v) is 4.32. The number of nitrogens with one attached hydrogen (secondary N) is 1. The zero-order valence-corrected chi connectivity index (χ0v) is 13.6. The van der Waals surface area contributed by atoms with Gasteiger partial charge in [0.2, 0.25) is 0 Å². The summed E-state index contributed by atoms with van der Waals surface area (Å²) in [4.78, 5) is 2.25. The highest BCUT2D eigenvalue weighted by molar-refractivity contribution is 7.99. The van der Waals surface area contributed by atoms with E-state index in [-0.39, 0.29) is 6.04 Å². The van der Waals surface area contributed by atoms with Gasteiger partial charge < -0.3 is 5.32 Å². The van der Waals surface area contributed by atoms with E-state index in [0.717, 1.165) is 33.3 Å². The third-order valence-electron chi connectivity index (χ3n) is 3.06. The van der Waals surface area contributed by atoms with Crippen LogP contribution in [0.4, 0.5) is 0 Å². The summed E-state index contributed by atoms with van der Waals surface area (Å²) in [6.45, 7) is 5.31. The molecule has 0 radical (unpaired) electrons. The molecule has 1 unspecified atom stereocenters. The molecule has 1 aromatic heterocycles. The predicted molar refractivity (Wildman–Crippen MR) is 85.5 cm³/mol. The topological polar surface area (TPSA) is 29.9 Å². The number of hydrogen-bond acceptors (Lipinski definition) is 3. The summed E-state index contributed by atoms with van der Waals surface area (Å²) in [6.07, 6.45) is 4.98. The van der Waals surface area contributed by atoms with Crippen LogP contribution >= 0.6 is 23.4 Å². The smallest absolute Gasteiger partial charge is 0.0629 e. The van der Waals surface area contributed by atoms with Crippen molar-refractivity contribution >= 4 is 23.4 Å². The van der Waals surface area contributed by atoms with E-state index in [4.69, 9.17) is 11.6 Å². The van der Waals surface area contributed by atoms with Crippen LogP contribution in [-0.2, 0) is 7.05 Å². The number of benzene rings is 1. The van der Waals surface area contributed by atoms with Gasteiger partial charge >= 0.3 is 0 Å². The van der Waals surface area contributed by atoms with Gasteiger partial charge in [-0.2, -0.15) is 5.10 Å². The molecule has 1 aromatic carbocycles. The molecular weight excluding hydrogens is 290 g/mol. The number of aryl methyl sites for hydroxylation is 1. The lowest BCUT2D eigenvalue weighted by Gasteiger charge is -2.15. The van der Waals surface area contributed by atoms with Crippen molar-refractivity contribution in [2.24, 2.45) is 7.05 Å². The molecule has 3 nitrogen and oxygen atoms in total. The summed E-state index contributed by atoms with van der Waals surface area (Å²) in [5.41, 5.74) is 1.15. The summed E-state index contributed by atoms with van der Waals surface area (Å²) in [5.74, 6) is 0.